The zero-order valence-electron chi connectivity index (χ0n) is 9.71. The molecule has 17 heavy (non-hydrogen) atoms. The summed E-state index contributed by atoms with van der Waals surface area (Å²) in [5.41, 5.74) is 1.45. The minimum absolute atomic E-state index is 0.0556. The van der Waals surface area contributed by atoms with Crippen LogP contribution in [0.2, 0.25) is 0 Å². The molecule has 0 saturated carbocycles. The van der Waals surface area contributed by atoms with Crippen molar-refractivity contribution >= 4 is 5.82 Å². The predicted molar refractivity (Wildman–Crippen MR) is 60.4 cm³/mol. The first-order valence-corrected chi connectivity index (χ1v) is 4.97. The van der Waals surface area contributed by atoms with Crippen LogP contribution in [0.25, 0.3) is 11.4 Å². The molecule has 0 saturated heterocycles. The molecule has 0 aliphatic carbocycles. The molecule has 2 aromatic rings. The fourth-order valence-corrected chi connectivity index (χ4v) is 1.62. The Morgan fingerprint density at radius 3 is 2.53 bits per heavy atom. The van der Waals surface area contributed by atoms with Crippen molar-refractivity contribution in [1.29, 1.82) is 0 Å². The smallest absolute Gasteiger partial charge is 0.342 e. The van der Waals surface area contributed by atoms with Gasteiger partial charge in [-0.1, -0.05) is 0 Å². The monoisotopic (exact) mass is 233 g/mol. The Morgan fingerprint density at radius 2 is 2.00 bits per heavy atom. The highest BCUT2D eigenvalue weighted by molar-refractivity contribution is 5.58. The highest BCUT2D eigenvalue weighted by atomic mass is 16.6. The second-order valence-electron chi connectivity index (χ2n) is 3.67. The van der Waals surface area contributed by atoms with Gasteiger partial charge in [-0.2, -0.15) is 0 Å². The van der Waals surface area contributed by atoms with Gasteiger partial charge < -0.3 is 10.1 Å². The van der Waals surface area contributed by atoms with Crippen molar-refractivity contribution in [1.82, 2.24) is 19.5 Å². The zero-order chi connectivity index (χ0) is 12.6. The van der Waals surface area contributed by atoms with E-state index in [1.54, 1.807) is 20.2 Å². The first kappa shape index (κ1) is 11.2. The van der Waals surface area contributed by atoms with Gasteiger partial charge in [0, 0.05) is 6.20 Å². The fourth-order valence-electron chi connectivity index (χ4n) is 1.62. The summed E-state index contributed by atoms with van der Waals surface area (Å²) in [6, 6.07) is 0. The fraction of sp³-hybridized carbons (Fsp3) is 0.300. The number of nitrogens with zero attached hydrogens (tertiary/aromatic N) is 5. The van der Waals surface area contributed by atoms with Crippen LogP contribution in [0.5, 0.6) is 0 Å². The molecular weight excluding hydrogens is 222 g/mol. The molecular formula is C10H11N5O2. The first-order valence-electron chi connectivity index (χ1n) is 4.97. The molecule has 0 radical (unpaired) electrons. The number of imidazole rings is 1. The molecule has 0 atom stereocenters. The van der Waals surface area contributed by atoms with E-state index in [0.717, 1.165) is 5.69 Å². The minimum Gasteiger partial charge on any atom is -0.358 e. The molecule has 0 spiro atoms. The summed E-state index contributed by atoms with van der Waals surface area (Å²) in [5, 5.41) is 10.7. The topological polar surface area (TPSA) is 86.7 Å². The van der Waals surface area contributed by atoms with Crippen LogP contribution in [0.15, 0.2) is 12.4 Å². The van der Waals surface area contributed by atoms with Crippen molar-refractivity contribution in [2.24, 2.45) is 7.05 Å². The van der Waals surface area contributed by atoms with E-state index in [2.05, 4.69) is 15.0 Å². The summed E-state index contributed by atoms with van der Waals surface area (Å²) in [5.74, 6) is 1.10. The highest BCUT2D eigenvalue weighted by Gasteiger charge is 2.20. The van der Waals surface area contributed by atoms with Crippen LogP contribution < -0.4 is 0 Å². The minimum atomic E-state index is -0.471. The lowest BCUT2D eigenvalue weighted by molar-refractivity contribution is -0.391. The maximum Gasteiger partial charge on any atom is 0.342 e. The number of rotatable bonds is 2. The molecule has 7 nitrogen and oxygen atoms in total. The Hall–Kier alpha value is -2.31. The number of hydrogen-bond donors (Lipinski definition) is 0. The highest BCUT2D eigenvalue weighted by Crippen LogP contribution is 2.23. The lowest BCUT2D eigenvalue weighted by atomic mass is 10.2. The number of aromatic nitrogens is 4. The molecule has 2 aromatic heterocycles. The van der Waals surface area contributed by atoms with E-state index >= 15 is 0 Å². The normalized spacial score (nSPS) is 10.5. The molecule has 0 aliphatic heterocycles. The van der Waals surface area contributed by atoms with Crippen molar-refractivity contribution in [3.8, 4) is 11.4 Å². The number of nitro groups is 1. The van der Waals surface area contributed by atoms with Gasteiger partial charge in [-0.15, -0.1) is 0 Å². The average molecular weight is 233 g/mol. The summed E-state index contributed by atoms with van der Waals surface area (Å²) >= 11 is 0. The van der Waals surface area contributed by atoms with Gasteiger partial charge in [-0.25, -0.2) is 19.5 Å². The van der Waals surface area contributed by atoms with Crippen molar-refractivity contribution in [2.75, 3.05) is 0 Å². The van der Waals surface area contributed by atoms with Crippen molar-refractivity contribution < 1.29 is 4.92 Å². The van der Waals surface area contributed by atoms with Crippen molar-refractivity contribution in [3.05, 3.63) is 34.0 Å². The number of aryl methyl sites for hydroxylation is 2. The summed E-state index contributed by atoms with van der Waals surface area (Å²) < 4.78 is 1.42. The third-order valence-electron chi connectivity index (χ3n) is 2.49. The van der Waals surface area contributed by atoms with Gasteiger partial charge >= 0.3 is 5.82 Å². The summed E-state index contributed by atoms with van der Waals surface area (Å²) in [4.78, 5) is 22.6. The molecule has 0 amide bonds. The van der Waals surface area contributed by atoms with E-state index in [-0.39, 0.29) is 5.82 Å². The van der Waals surface area contributed by atoms with Gasteiger partial charge in [-0.3, -0.25) is 0 Å². The van der Waals surface area contributed by atoms with Crippen LogP contribution in [-0.4, -0.2) is 24.4 Å². The van der Waals surface area contributed by atoms with E-state index in [9.17, 15) is 10.1 Å². The van der Waals surface area contributed by atoms with Gasteiger partial charge in [0.1, 0.15) is 12.0 Å². The van der Waals surface area contributed by atoms with Crippen molar-refractivity contribution in [2.45, 2.75) is 13.8 Å². The third-order valence-corrected chi connectivity index (χ3v) is 2.49. The van der Waals surface area contributed by atoms with E-state index in [1.165, 1.54) is 10.8 Å². The van der Waals surface area contributed by atoms with Crippen LogP contribution in [-0.2, 0) is 7.05 Å². The van der Waals surface area contributed by atoms with E-state index in [4.69, 9.17) is 0 Å². The van der Waals surface area contributed by atoms with Gasteiger partial charge in [0.2, 0.25) is 5.82 Å². The Labute approximate surface area is 97.3 Å². The Kier molecular flexibility index (Phi) is 2.58. The van der Waals surface area contributed by atoms with E-state index < -0.39 is 4.92 Å². The van der Waals surface area contributed by atoms with E-state index in [0.29, 0.717) is 17.2 Å². The quantitative estimate of drug-likeness (QED) is 0.578. The lowest BCUT2D eigenvalue weighted by Gasteiger charge is -2.02. The number of hydrogen-bond acceptors (Lipinski definition) is 5. The summed E-state index contributed by atoms with van der Waals surface area (Å²) in [6.07, 6.45) is 2.86. The molecule has 0 fully saturated rings. The molecule has 0 aromatic carbocycles. The lowest BCUT2D eigenvalue weighted by Crippen LogP contribution is -2.01. The molecule has 88 valence electrons. The molecule has 0 aliphatic rings. The molecule has 0 unspecified atom stereocenters. The maximum atomic E-state index is 10.7. The summed E-state index contributed by atoms with van der Waals surface area (Å²) in [7, 11) is 1.60. The van der Waals surface area contributed by atoms with E-state index in [1.807, 2.05) is 6.92 Å². The molecule has 2 heterocycles. The van der Waals surface area contributed by atoms with Gasteiger partial charge in [0.25, 0.3) is 0 Å². The largest absolute Gasteiger partial charge is 0.358 e. The van der Waals surface area contributed by atoms with Gasteiger partial charge in [-0.05, 0) is 18.8 Å². The zero-order valence-corrected chi connectivity index (χ0v) is 9.71. The average Bonchev–Trinajstić information content (AvgIpc) is 2.60. The SMILES string of the molecule is Cc1ncc(-c2ncc([N+](=O)[O-])n2C)c(C)n1. The maximum absolute atomic E-state index is 10.7. The van der Waals surface area contributed by atoms with Crippen molar-refractivity contribution in [3.63, 3.8) is 0 Å². The molecule has 0 N–H and O–H groups in total. The van der Waals surface area contributed by atoms with Gasteiger partial charge in [0.15, 0.2) is 0 Å². The van der Waals surface area contributed by atoms with Gasteiger partial charge in [0.05, 0.1) is 18.3 Å². The van der Waals surface area contributed by atoms with Crippen LogP contribution in [0.4, 0.5) is 5.82 Å². The second kappa shape index (κ2) is 3.93. The first-order chi connectivity index (χ1) is 8.00. The second-order valence-corrected chi connectivity index (χ2v) is 3.67. The van der Waals surface area contributed by atoms with Crippen LogP contribution in [0, 0.1) is 24.0 Å². The molecule has 2 rings (SSSR count). The standard InChI is InChI=1S/C10H11N5O2/c1-6-8(4-11-7(2)13-6)10-12-5-9(14(10)3)15(16)17/h4-5H,1-3H3. The van der Waals surface area contributed by atoms with Crippen LogP contribution in [0.3, 0.4) is 0 Å². The Bertz CT molecular complexity index is 590. The molecule has 7 heteroatoms. The Morgan fingerprint density at radius 1 is 1.29 bits per heavy atom. The summed E-state index contributed by atoms with van der Waals surface area (Å²) in [6.45, 7) is 3.61. The Balaban J connectivity index is 2.57. The third kappa shape index (κ3) is 1.86. The van der Waals surface area contributed by atoms with Crippen LogP contribution in [0.1, 0.15) is 11.5 Å². The molecule has 0 bridgehead atoms. The van der Waals surface area contributed by atoms with Crippen LogP contribution >= 0.6 is 0 Å². The predicted octanol–water partition coefficient (Wildman–Crippen LogP) is 1.40.